The molecule has 1 saturated carbocycles. The molecule has 2 fully saturated rings. The van der Waals surface area contributed by atoms with Crippen molar-refractivity contribution in [1.82, 2.24) is 9.88 Å². The molecule has 2 aliphatic rings. The molecule has 1 saturated heterocycles. The molecule has 1 N–H and O–H groups in total. The Balaban J connectivity index is 1.78. The van der Waals surface area contributed by atoms with Gasteiger partial charge in [-0.15, -0.1) is 0 Å². The van der Waals surface area contributed by atoms with Gasteiger partial charge in [0, 0.05) is 49.4 Å². The highest BCUT2D eigenvalue weighted by molar-refractivity contribution is 6.38. The molecule has 7 nitrogen and oxygen atoms in total. The summed E-state index contributed by atoms with van der Waals surface area (Å²) in [5.41, 5.74) is 1.55. The number of anilines is 1. The number of fused-ring (bicyclic) bond motifs is 1. The number of nitrogens with one attached hydrogen (secondary N) is 1. The quantitative estimate of drug-likeness (QED) is 0.757. The van der Waals surface area contributed by atoms with Gasteiger partial charge >= 0.3 is 13.4 Å². The molecule has 1 unspecified atom stereocenters. The summed E-state index contributed by atoms with van der Waals surface area (Å²) in [6.45, 7) is 4.84. The first-order valence-corrected chi connectivity index (χ1v) is 9.96. The predicted octanol–water partition coefficient (Wildman–Crippen LogP) is 2.44. The average molecular weight is 417 g/mol. The van der Waals surface area contributed by atoms with Gasteiger partial charge in [-0.25, -0.2) is 13.4 Å². The van der Waals surface area contributed by atoms with Gasteiger partial charge < -0.3 is 19.4 Å². The molecule has 1 atom stereocenters. The number of hydrogen-bond donors (Lipinski definition) is 1. The summed E-state index contributed by atoms with van der Waals surface area (Å²) in [6, 6.07) is 3.64. The summed E-state index contributed by atoms with van der Waals surface area (Å²) in [5.74, 6) is -1.38. The Morgan fingerprint density at radius 1 is 1.23 bits per heavy atom. The second-order valence-electron chi connectivity index (χ2n) is 7.91. The number of carbonyl (C=O) groups excluding carboxylic acids is 2. The molecule has 1 aromatic carbocycles. The summed E-state index contributed by atoms with van der Waals surface area (Å²) < 4.78 is 30.8. The molecule has 1 aliphatic carbocycles. The van der Waals surface area contributed by atoms with Gasteiger partial charge in [-0.05, 0) is 43.9 Å². The number of carbonyl (C=O) groups is 2. The van der Waals surface area contributed by atoms with Crippen LogP contribution in [0.2, 0.25) is 0 Å². The molecule has 2 aromatic rings. The van der Waals surface area contributed by atoms with Gasteiger partial charge in [0.1, 0.15) is 5.56 Å². The summed E-state index contributed by atoms with van der Waals surface area (Å²) in [7, 11) is -3.28. The van der Waals surface area contributed by atoms with E-state index in [2.05, 4.69) is 14.9 Å². The predicted molar refractivity (Wildman–Crippen MR) is 109 cm³/mol. The van der Waals surface area contributed by atoms with Crippen molar-refractivity contribution in [3.05, 3.63) is 39.7 Å². The van der Waals surface area contributed by atoms with Gasteiger partial charge in [0.25, 0.3) is 0 Å². The minimum Gasteiger partial charge on any atom is -0.474 e. The number of halogens is 2. The van der Waals surface area contributed by atoms with Crippen molar-refractivity contribution in [3.63, 3.8) is 0 Å². The third kappa shape index (κ3) is 3.78. The summed E-state index contributed by atoms with van der Waals surface area (Å²) in [6.07, 6.45) is 3.96. The Hall–Kier alpha value is -2.91. The highest BCUT2D eigenvalue weighted by atomic mass is 19.2. The van der Waals surface area contributed by atoms with Crippen LogP contribution in [0.25, 0.3) is 10.9 Å². The molecule has 1 amide bonds. The lowest BCUT2D eigenvalue weighted by Crippen LogP contribution is -2.35. The number of benzene rings is 1. The van der Waals surface area contributed by atoms with E-state index in [1.807, 2.05) is 17.6 Å². The number of amides is 1. The Kier molecular flexibility index (Phi) is 5.25. The van der Waals surface area contributed by atoms with Crippen molar-refractivity contribution < 1.29 is 22.9 Å². The number of aromatic nitrogens is 1. The normalized spacial score (nSPS) is 18.5. The molecule has 1 aliphatic heterocycles. The van der Waals surface area contributed by atoms with Crippen LogP contribution < -0.4 is 15.6 Å². The maximum absolute atomic E-state index is 12.9. The van der Waals surface area contributed by atoms with Crippen LogP contribution in [0.15, 0.2) is 23.1 Å². The maximum Gasteiger partial charge on any atom is 0.798 e. The number of aryl methyl sites for hydroxylation is 1. The zero-order valence-corrected chi connectivity index (χ0v) is 16.8. The fourth-order valence-electron chi connectivity index (χ4n) is 4.27. The fourth-order valence-corrected chi connectivity index (χ4v) is 4.27. The van der Waals surface area contributed by atoms with E-state index < -0.39 is 18.9 Å². The van der Waals surface area contributed by atoms with Crippen molar-refractivity contribution in [2.24, 2.45) is 0 Å². The van der Waals surface area contributed by atoms with Crippen molar-refractivity contribution in [2.75, 3.05) is 18.0 Å². The Labute approximate surface area is 172 Å². The number of rotatable bonds is 5. The fraction of sp³-hybridized carbons (Fsp3) is 0.450. The first-order chi connectivity index (χ1) is 14.3. The van der Waals surface area contributed by atoms with E-state index in [-0.39, 0.29) is 23.6 Å². The average Bonchev–Trinajstić information content (AvgIpc) is 3.41. The Bertz CT molecular complexity index is 1080. The van der Waals surface area contributed by atoms with Crippen LogP contribution in [-0.4, -0.2) is 43.0 Å². The van der Waals surface area contributed by atoms with Gasteiger partial charge in [0.15, 0.2) is 0 Å². The van der Waals surface area contributed by atoms with Crippen LogP contribution in [0.5, 0.6) is 0 Å². The summed E-state index contributed by atoms with van der Waals surface area (Å²) in [5, 5.41) is 3.24. The lowest BCUT2D eigenvalue weighted by molar-refractivity contribution is -0.119. The Morgan fingerprint density at radius 2 is 1.97 bits per heavy atom. The minimum atomic E-state index is -3.28. The monoisotopic (exact) mass is 417 g/mol. The third-order valence-corrected chi connectivity index (χ3v) is 5.71. The summed E-state index contributed by atoms with van der Waals surface area (Å²) in [4.78, 5) is 38.4. The van der Waals surface area contributed by atoms with Crippen LogP contribution in [0.1, 0.15) is 48.1 Å². The molecular formula is C20H22BF2N3O4. The lowest BCUT2D eigenvalue weighted by Gasteiger charge is -2.24. The molecule has 0 spiro atoms. The van der Waals surface area contributed by atoms with Crippen LogP contribution >= 0.6 is 0 Å². The van der Waals surface area contributed by atoms with E-state index in [9.17, 15) is 23.0 Å². The maximum atomic E-state index is 12.9. The summed E-state index contributed by atoms with van der Waals surface area (Å²) >= 11 is 0. The van der Waals surface area contributed by atoms with Crippen molar-refractivity contribution in [1.29, 1.82) is 0 Å². The largest absolute Gasteiger partial charge is 0.798 e. The molecule has 4 rings (SSSR count). The van der Waals surface area contributed by atoms with E-state index in [4.69, 9.17) is 0 Å². The molecule has 2 heterocycles. The van der Waals surface area contributed by atoms with Crippen LogP contribution in [0.4, 0.5) is 14.3 Å². The molecule has 0 bridgehead atoms. The zero-order chi connectivity index (χ0) is 21.6. The highest BCUT2D eigenvalue weighted by Gasteiger charge is 2.31. The smallest absolute Gasteiger partial charge is 0.474 e. The van der Waals surface area contributed by atoms with Crippen LogP contribution in [0.3, 0.4) is 0 Å². The topological polar surface area (TPSA) is 80.6 Å². The first-order valence-electron chi connectivity index (χ1n) is 9.96. The Morgan fingerprint density at radius 3 is 2.60 bits per heavy atom. The minimum absolute atomic E-state index is 0.0646. The van der Waals surface area contributed by atoms with E-state index in [0.29, 0.717) is 17.4 Å². The van der Waals surface area contributed by atoms with E-state index in [1.54, 1.807) is 6.07 Å². The SMILES string of the molecule is CC(=O)NC1CCN(c2ccc3c(=O)c(C(=O)OB(F)F)cn(C4CC4)c3c2C)C1. The van der Waals surface area contributed by atoms with Gasteiger partial charge in [-0.3, -0.25) is 9.59 Å². The number of nitrogens with zero attached hydrogens (tertiary/aromatic N) is 2. The number of pyridine rings is 1. The van der Waals surface area contributed by atoms with Gasteiger partial charge in [0.05, 0.1) is 5.52 Å². The first kappa shape index (κ1) is 20.4. The molecular weight excluding hydrogens is 395 g/mol. The number of hydrogen-bond acceptors (Lipinski definition) is 5. The van der Waals surface area contributed by atoms with Crippen LogP contribution in [0, 0.1) is 6.92 Å². The second kappa shape index (κ2) is 7.73. The molecule has 30 heavy (non-hydrogen) atoms. The van der Waals surface area contributed by atoms with Gasteiger partial charge in [-0.1, -0.05) is 0 Å². The van der Waals surface area contributed by atoms with E-state index in [0.717, 1.165) is 37.1 Å². The van der Waals surface area contributed by atoms with Crippen LogP contribution in [-0.2, 0) is 9.45 Å². The van der Waals surface area contributed by atoms with E-state index >= 15 is 0 Å². The highest BCUT2D eigenvalue weighted by Crippen LogP contribution is 2.39. The molecule has 0 radical (unpaired) electrons. The second-order valence-corrected chi connectivity index (χ2v) is 7.91. The molecule has 158 valence electrons. The molecule has 10 heteroatoms. The van der Waals surface area contributed by atoms with Crippen molar-refractivity contribution in [3.8, 4) is 0 Å². The van der Waals surface area contributed by atoms with Gasteiger partial charge in [-0.2, -0.15) is 0 Å². The van der Waals surface area contributed by atoms with Crippen molar-refractivity contribution >= 4 is 35.9 Å². The third-order valence-electron chi connectivity index (χ3n) is 5.71. The standard InChI is InChI=1S/C20H22BF2N3O4/c1-11-17(25-8-7-13(9-25)24-12(2)27)6-5-15-18(11)26(14-3-4-14)10-16(19(15)28)20(29)30-21(22)23/h5-6,10,13-14H,3-4,7-9H2,1-2H3,(H,24,27). The lowest BCUT2D eigenvalue weighted by atomic mass is 10.0. The molecule has 1 aromatic heterocycles. The van der Waals surface area contributed by atoms with E-state index in [1.165, 1.54) is 13.1 Å². The van der Waals surface area contributed by atoms with Gasteiger partial charge in [0.2, 0.25) is 11.3 Å². The van der Waals surface area contributed by atoms with Crippen molar-refractivity contribution in [2.45, 2.75) is 45.2 Å². The zero-order valence-electron chi connectivity index (χ0n) is 16.8.